The minimum absolute atomic E-state index is 0.121. The minimum atomic E-state index is -0.252. The average molecular weight is 265 g/mol. The van der Waals surface area contributed by atoms with Gasteiger partial charge >= 0.3 is 0 Å². The molecular weight excluding hydrogens is 242 g/mol. The molecule has 1 atom stereocenters. The van der Waals surface area contributed by atoms with Gasteiger partial charge in [0.15, 0.2) is 0 Å². The minimum Gasteiger partial charge on any atom is -0.342 e. The van der Waals surface area contributed by atoms with Crippen molar-refractivity contribution in [1.82, 2.24) is 4.90 Å². The first-order valence-corrected chi connectivity index (χ1v) is 7.10. The van der Waals surface area contributed by atoms with Crippen LogP contribution in [-0.4, -0.2) is 29.1 Å². The fraction of sp³-hybridized carbons (Fsp3) is 0.533. The first-order chi connectivity index (χ1) is 8.60. The second kappa shape index (κ2) is 7.47. The molecule has 0 heterocycles. The highest BCUT2D eigenvalue weighted by Gasteiger charge is 2.22. The number of benzene rings is 1. The lowest BCUT2D eigenvalue weighted by atomic mass is 10.1. The zero-order valence-corrected chi connectivity index (χ0v) is 12.4. The molecule has 100 valence electrons. The highest BCUT2D eigenvalue weighted by Crippen LogP contribution is 2.14. The third-order valence-electron chi connectivity index (χ3n) is 3.39. The van der Waals surface area contributed by atoms with Gasteiger partial charge in [0.1, 0.15) is 0 Å². The van der Waals surface area contributed by atoms with E-state index in [0.29, 0.717) is 12.5 Å². The molecule has 0 aromatic heterocycles. The zero-order chi connectivity index (χ0) is 13.5. The van der Waals surface area contributed by atoms with Crippen molar-refractivity contribution in [3.63, 3.8) is 0 Å². The summed E-state index contributed by atoms with van der Waals surface area (Å²) in [6, 6.07) is 10.4. The highest BCUT2D eigenvalue weighted by molar-refractivity contribution is 7.81. The molecule has 0 spiro atoms. The maximum atomic E-state index is 12.3. The summed E-state index contributed by atoms with van der Waals surface area (Å²) in [6.07, 6.45) is 2.67. The van der Waals surface area contributed by atoms with Crippen LogP contribution in [0.3, 0.4) is 0 Å². The molecule has 2 nitrogen and oxygen atoms in total. The topological polar surface area (TPSA) is 20.3 Å². The number of carbonyl (C=O) groups excluding carboxylic acids is 1. The molecule has 1 aromatic rings. The molecular formula is C15H23NOS. The third kappa shape index (κ3) is 4.05. The Labute approximate surface area is 116 Å². The molecule has 0 aliphatic carbocycles. The summed E-state index contributed by atoms with van der Waals surface area (Å²) in [6.45, 7) is 4.23. The van der Waals surface area contributed by atoms with E-state index in [1.807, 2.05) is 42.3 Å². The van der Waals surface area contributed by atoms with Gasteiger partial charge in [-0.1, -0.05) is 44.2 Å². The summed E-state index contributed by atoms with van der Waals surface area (Å²) in [4.78, 5) is 14.1. The Morgan fingerprint density at radius 1 is 1.22 bits per heavy atom. The lowest BCUT2D eigenvalue weighted by molar-refractivity contribution is -0.131. The largest absolute Gasteiger partial charge is 0.342 e. The van der Waals surface area contributed by atoms with E-state index in [0.717, 1.165) is 18.4 Å². The number of thiol groups is 1. The molecule has 0 saturated carbocycles. The van der Waals surface area contributed by atoms with Gasteiger partial charge in [0, 0.05) is 13.1 Å². The van der Waals surface area contributed by atoms with Crippen molar-refractivity contribution in [2.24, 2.45) is 0 Å². The first kappa shape index (κ1) is 15.1. The lowest BCUT2D eigenvalue weighted by Crippen LogP contribution is -2.41. The number of carbonyl (C=O) groups is 1. The number of rotatable bonds is 6. The van der Waals surface area contributed by atoms with Crippen molar-refractivity contribution >= 4 is 18.5 Å². The fourth-order valence-corrected chi connectivity index (χ4v) is 2.57. The first-order valence-electron chi connectivity index (χ1n) is 6.58. The van der Waals surface area contributed by atoms with Crippen LogP contribution in [0.2, 0.25) is 0 Å². The summed E-state index contributed by atoms with van der Waals surface area (Å²) in [5.41, 5.74) is 1.16. The van der Waals surface area contributed by atoms with E-state index in [9.17, 15) is 4.79 Å². The maximum absolute atomic E-state index is 12.3. The Bertz CT molecular complexity index is 362. The second-order valence-electron chi connectivity index (χ2n) is 4.62. The van der Waals surface area contributed by atoms with Gasteiger partial charge < -0.3 is 4.90 Å². The van der Waals surface area contributed by atoms with Crippen LogP contribution < -0.4 is 0 Å². The monoisotopic (exact) mass is 265 g/mol. The van der Waals surface area contributed by atoms with Gasteiger partial charge in [-0.05, 0) is 24.8 Å². The fourth-order valence-electron chi connectivity index (χ4n) is 2.18. The molecule has 0 N–H and O–H groups in total. The smallest absolute Gasteiger partial charge is 0.235 e. The number of amides is 1. The molecule has 1 rings (SSSR count). The molecule has 0 radical (unpaired) electrons. The molecule has 1 amide bonds. The van der Waals surface area contributed by atoms with E-state index in [2.05, 4.69) is 26.5 Å². The summed E-state index contributed by atoms with van der Waals surface area (Å²) >= 11 is 4.46. The van der Waals surface area contributed by atoms with Gasteiger partial charge in [-0.15, -0.1) is 0 Å². The Kier molecular flexibility index (Phi) is 6.27. The van der Waals surface area contributed by atoms with Crippen LogP contribution in [-0.2, 0) is 11.2 Å². The molecule has 0 bridgehead atoms. The molecule has 0 fully saturated rings. The van der Waals surface area contributed by atoms with Crippen LogP contribution in [0.4, 0.5) is 0 Å². The van der Waals surface area contributed by atoms with Gasteiger partial charge in [-0.2, -0.15) is 12.6 Å². The van der Waals surface area contributed by atoms with E-state index in [1.54, 1.807) is 0 Å². The highest BCUT2D eigenvalue weighted by atomic mass is 32.1. The number of hydrogen-bond acceptors (Lipinski definition) is 2. The van der Waals surface area contributed by atoms with E-state index in [1.165, 1.54) is 0 Å². The van der Waals surface area contributed by atoms with Crippen LogP contribution in [0.25, 0.3) is 0 Å². The van der Waals surface area contributed by atoms with Gasteiger partial charge in [-0.3, -0.25) is 4.79 Å². The van der Waals surface area contributed by atoms with Gasteiger partial charge in [0.2, 0.25) is 5.91 Å². The normalized spacial score (nSPS) is 12.5. The predicted molar refractivity (Wildman–Crippen MR) is 80.1 cm³/mol. The average Bonchev–Trinajstić information content (AvgIpc) is 2.40. The van der Waals surface area contributed by atoms with Crippen LogP contribution in [0.15, 0.2) is 30.3 Å². The van der Waals surface area contributed by atoms with Crippen molar-refractivity contribution in [3.8, 4) is 0 Å². The summed E-state index contributed by atoms with van der Waals surface area (Å²) in [5, 5.41) is -0.252. The van der Waals surface area contributed by atoms with Crippen molar-refractivity contribution < 1.29 is 4.79 Å². The van der Waals surface area contributed by atoms with Crippen molar-refractivity contribution in [3.05, 3.63) is 35.9 Å². The van der Waals surface area contributed by atoms with Crippen LogP contribution in [0.1, 0.15) is 32.3 Å². The molecule has 0 aliphatic rings. The number of nitrogens with zero attached hydrogens (tertiary/aromatic N) is 1. The predicted octanol–water partition coefficient (Wildman–Crippen LogP) is 3.17. The molecule has 1 unspecified atom stereocenters. The van der Waals surface area contributed by atoms with E-state index in [4.69, 9.17) is 0 Å². The molecule has 3 heteroatoms. The standard InChI is InChI=1S/C15H23NOS/c1-4-13(5-2)16(3)15(17)14(18)11-12-9-7-6-8-10-12/h6-10,13-14,18H,4-5,11H2,1-3H3. The van der Waals surface area contributed by atoms with Gasteiger partial charge in [-0.25, -0.2) is 0 Å². The van der Waals surface area contributed by atoms with Gasteiger partial charge in [0.25, 0.3) is 0 Å². The second-order valence-corrected chi connectivity index (χ2v) is 5.25. The van der Waals surface area contributed by atoms with Crippen LogP contribution in [0, 0.1) is 0 Å². The molecule has 0 aliphatic heterocycles. The van der Waals surface area contributed by atoms with Crippen molar-refractivity contribution in [1.29, 1.82) is 0 Å². The zero-order valence-electron chi connectivity index (χ0n) is 11.5. The Hall–Kier alpha value is -0.960. The summed E-state index contributed by atoms with van der Waals surface area (Å²) < 4.78 is 0. The lowest BCUT2D eigenvalue weighted by Gasteiger charge is -2.28. The van der Waals surface area contributed by atoms with E-state index in [-0.39, 0.29) is 11.2 Å². The summed E-state index contributed by atoms with van der Waals surface area (Å²) in [5.74, 6) is 0.121. The van der Waals surface area contributed by atoms with Crippen LogP contribution >= 0.6 is 12.6 Å². The third-order valence-corrected chi connectivity index (χ3v) is 3.80. The van der Waals surface area contributed by atoms with E-state index < -0.39 is 0 Å². The quantitative estimate of drug-likeness (QED) is 0.783. The van der Waals surface area contributed by atoms with Crippen molar-refractivity contribution in [2.75, 3.05) is 7.05 Å². The van der Waals surface area contributed by atoms with E-state index >= 15 is 0 Å². The Morgan fingerprint density at radius 2 is 1.78 bits per heavy atom. The Morgan fingerprint density at radius 3 is 2.28 bits per heavy atom. The van der Waals surface area contributed by atoms with Crippen molar-refractivity contribution in [2.45, 2.75) is 44.4 Å². The molecule has 0 saturated heterocycles. The SMILES string of the molecule is CCC(CC)N(C)C(=O)C(S)Cc1ccccc1. The summed E-state index contributed by atoms with van der Waals surface area (Å²) in [7, 11) is 1.88. The number of hydrogen-bond donors (Lipinski definition) is 1. The molecule has 18 heavy (non-hydrogen) atoms. The van der Waals surface area contributed by atoms with Crippen LogP contribution in [0.5, 0.6) is 0 Å². The maximum Gasteiger partial charge on any atom is 0.235 e. The molecule has 1 aromatic carbocycles. The van der Waals surface area contributed by atoms with Gasteiger partial charge in [0.05, 0.1) is 5.25 Å². The Balaban J connectivity index is 2.61.